The summed E-state index contributed by atoms with van der Waals surface area (Å²) in [5.74, 6) is -1.42. The minimum atomic E-state index is -2.86. The van der Waals surface area contributed by atoms with Gasteiger partial charge in [0, 0.05) is 6.20 Å². The average molecular weight is 331 g/mol. The van der Waals surface area contributed by atoms with Gasteiger partial charge in [-0.05, 0) is 31.9 Å². The fourth-order valence-corrected chi connectivity index (χ4v) is 1.66. The summed E-state index contributed by atoms with van der Waals surface area (Å²) in [6.45, 7) is 0. The monoisotopic (exact) mass is 329 g/mol. The highest BCUT2D eigenvalue weighted by atomic mass is 79.9. The Labute approximate surface area is 94.4 Å². The summed E-state index contributed by atoms with van der Waals surface area (Å²) < 4.78 is 24.9. The van der Waals surface area contributed by atoms with Gasteiger partial charge in [-0.1, -0.05) is 0 Å². The average Bonchev–Trinajstić information content (AvgIpc) is 2.08. The van der Waals surface area contributed by atoms with E-state index in [4.69, 9.17) is 5.11 Å². The summed E-state index contributed by atoms with van der Waals surface area (Å²) in [6, 6.07) is 0. The molecule has 1 heterocycles. The summed E-state index contributed by atoms with van der Waals surface area (Å²) >= 11 is 5.81. The van der Waals surface area contributed by atoms with Crippen molar-refractivity contribution in [3.8, 4) is 0 Å². The molecule has 1 aromatic rings. The van der Waals surface area contributed by atoms with Gasteiger partial charge < -0.3 is 5.11 Å². The molecular weight excluding hydrogens is 328 g/mol. The summed E-state index contributed by atoms with van der Waals surface area (Å²) in [5, 5.41) is 8.71. The molecule has 0 unspecified atom stereocenters. The molecule has 0 aliphatic carbocycles. The van der Waals surface area contributed by atoms with Crippen LogP contribution in [0.15, 0.2) is 15.3 Å². The number of aromatic nitrogens is 1. The Bertz CT molecular complexity index is 384. The van der Waals surface area contributed by atoms with E-state index in [9.17, 15) is 13.6 Å². The molecule has 0 spiro atoms. The number of nitrogens with zero attached hydrogens (tertiary/aromatic N) is 1. The van der Waals surface area contributed by atoms with E-state index in [-0.39, 0.29) is 9.08 Å². The van der Waals surface area contributed by atoms with E-state index in [1.807, 2.05) is 0 Å². The SMILES string of the molecule is O=C(O)c1c(C(F)F)cnc(Br)c1Br. The van der Waals surface area contributed by atoms with Gasteiger partial charge in [0.25, 0.3) is 6.43 Å². The minimum Gasteiger partial charge on any atom is -0.478 e. The Hall–Kier alpha value is -0.560. The van der Waals surface area contributed by atoms with Crippen molar-refractivity contribution in [3.05, 3.63) is 26.4 Å². The Kier molecular flexibility index (Phi) is 3.54. The van der Waals surface area contributed by atoms with Crippen LogP contribution in [0.3, 0.4) is 0 Å². The molecule has 3 nitrogen and oxygen atoms in total. The number of alkyl halides is 2. The lowest BCUT2D eigenvalue weighted by atomic mass is 10.1. The quantitative estimate of drug-likeness (QED) is 0.847. The third-order valence-corrected chi connectivity index (χ3v) is 3.36. The second-order valence-electron chi connectivity index (χ2n) is 2.30. The molecular formula is C7H3Br2F2NO2. The standard InChI is InChI=1S/C7H3Br2F2NO2/c8-4-3(7(13)14)2(6(10)11)1-12-5(4)9/h1,6H,(H,13,14). The van der Waals surface area contributed by atoms with Gasteiger partial charge in [-0.2, -0.15) is 0 Å². The number of hydrogen-bond donors (Lipinski definition) is 1. The van der Waals surface area contributed by atoms with Gasteiger partial charge in [0.1, 0.15) is 4.60 Å². The van der Waals surface area contributed by atoms with Gasteiger partial charge >= 0.3 is 5.97 Å². The van der Waals surface area contributed by atoms with Crippen LogP contribution in [-0.2, 0) is 0 Å². The highest BCUT2D eigenvalue weighted by molar-refractivity contribution is 9.13. The molecule has 0 amide bonds. The van der Waals surface area contributed by atoms with Crippen LogP contribution >= 0.6 is 31.9 Å². The van der Waals surface area contributed by atoms with Crippen molar-refractivity contribution in [2.45, 2.75) is 6.43 Å². The zero-order valence-corrected chi connectivity index (χ0v) is 9.64. The summed E-state index contributed by atoms with van der Waals surface area (Å²) in [7, 11) is 0. The first-order valence-corrected chi connectivity index (χ1v) is 4.89. The van der Waals surface area contributed by atoms with Crippen LogP contribution in [0.4, 0.5) is 8.78 Å². The first-order valence-electron chi connectivity index (χ1n) is 3.30. The molecule has 0 aromatic carbocycles. The van der Waals surface area contributed by atoms with Gasteiger partial charge in [0.05, 0.1) is 15.6 Å². The maximum absolute atomic E-state index is 12.4. The maximum atomic E-state index is 12.4. The second-order valence-corrected chi connectivity index (χ2v) is 3.84. The maximum Gasteiger partial charge on any atom is 0.337 e. The number of carboxylic acid groups (broad SMARTS) is 1. The van der Waals surface area contributed by atoms with E-state index in [1.54, 1.807) is 0 Å². The van der Waals surface area contributed by atoms with Crippen LogP contribution in [0.2, 0.25) is 0 Å². The van der Waals surface area contributed by atoms with Gasteiger partial charge in [-0.25, -0.2) is 18.6 Å². The third kappa shape index (κ3) is 2.09. The van der Waals surface area contributed by atoms with E-state index < -0.39 is 23.5 Å². The number of hydrogen-bond acceptors (Lipinski definition) is 2. The van der Waals surface area contributed by atoms with Crippen LogP contribution in [0.5, 0.6) is 0 Å². The van der Waals surface area contributed by atoms with Crippen molar-refractivity contribution in [1.29, 1.82) is 0 Å². The van der Waals surface area contributed by atoms with Crippen LogP contribution in [0.1, 0.15) is 22.3 Å². The molecule has 76 valence electrons. The summed E-state index contributed by atoms with van der Waals surface area (Å²) in [4.78, 5) is 14.3. The Morgan fingerprint density at radius 3 is 2.50 bits per heavy atom. The Morgan fingerprint density at radius 2 is 2.07 bits per heavy atom. The molecule has 1 N–H and O–H groups in total. The third-order valence-electron chi connectivity index (χ3n) is 1.46. The summed E-state index contributed by atoms with van der Waals surface area (Å²) in [6.07, 6.45) is -2.03. The largest absolute Gasteiger partial charge is 0.478 e. The molecule has 0 saturated heterocycles. The molecule has 0 aliphatic heterocycles. The first kappa shape index (κ1) is 11.5. The van der Waals surface area contributed by atoms with E-state index in [2.05, 4.69) is 36.8 Å². The Morgan fingerprint density at radius 1 is 1.50 bits per heavy atom. The lowest BCUT2D eigenvalue weighted by Gasteiger charge is -2.07. The zero-order valence-electron chi connectivity index (χ0n) is 6.47. The van der Waals surface area contributed by atoms with E-state index in [0.29, 0.717) is 0 Å². The smallest absolute Gasteiger partial charge is 0.337 e. The molecule has 7 heteroatoms. The number of carboxylic acids is 1. The van der Waals surface area contributed by atoms with E-state index in [1.165, 1.54) is 0 Å². The highest BCUT2D eigenvalue weighted by Crippen LogP contribution is 2.32. The number of aromatic carboxylic acids is 1. The van der Waals surface area contributed by atoms with Gasteiger partial charge in [-0.3, -0.25) is 0 Å². The highest BCUT2D eigenvalue weighted by Gasteiger charge is 2.23. The summed E-state index contributed by atoms with van der Waals surface area (Å²) in [5.41, 5.74) is -1.07. The normalized spacial score (nSPS) is 10.6. The molecule has 0 saturated carbocycles. The molecule has 0 bridgehead atoms. The predicted molar refractivity (Wildman–Crippen MR) is 51.6 cm³/mol. The Balaban J connectivity index is 3.45. The van der Waals surface area contributed by atoms with Crippen molar-refractivity contribution < 1.29 is 18.7 Å². The lowest BCUT2D eigenvalue weighted by molar-refractivity contribution is 0.0683. The predicted octanol–water partition coefficient (Wildman–Crippen LogP) is 3.24. The van der Waals surface area contributed by atoms with E-state index in [0.717, 1.165) is 6.20 Å². The zero-order chi connectivity index (χ0) is 10.9. The fourth-order valence-electron chi connectivity index (χ4n) is 0.860. The molecule has 0 radical (unpaired) electrons. The molecule has 0 fully saturated rings. The van der Waals surface area contributed by atoms with Crippen molar-refractivity contribution >= 4 is 37.8 Å². The van der Waals surface area contributed by atoms with Gasteiger partial charge in [-0.15, -0.1) is 0 Å². The lowest BCUT2D eigenvalue weighted by Crippen LogP contribution is -2.05. The van der Waals surface area contributed by atoms with Gasteiger partial charge in [0.2, 0.25) is 0 Å². The van der Waals surface area contributed by atoms with Crippen LogP contribution in [0.25, 0.3) is 0 Å². The van der Waals surface area contributed by atoms with Crippen molar-refractivity contribution in [3.63, 3.8) is 0 Å². The number of halogens is 4. The molecule has 1 aromatic heterocycles. The molecule has 14 heavy (non-hydrogen) atoms. The topological polar surface area (TPSA) is 50.2 Å². The molecule has 0 atom stereocenters. The number of rotatable bonds is 2. The minimum absolute atomic E-state index is 0.0165. The fraction of sp³-hybridized carbons (Fsp3) is 0.143. The van der Waals surface area contributed by atoms with Crippen molar-refractivity contribution in [2.75, 3.05) is 0 Å². The van der Waals surface area contributed by atoms with Crippen molar-refractivity contribution in [2.24, 2.45) is 0 Å². The molecule has 1 rings (SSSR count). The number of pyridine rings is 1. The van der Waals surface area contributed by atoms with E-state index >= 15 is 0 Å². The second kappa shape index (κ2) is 4.31. The van der Waals surface area contributed by atoms with Crippen LogP contribution in [0, 0.1) is 0 Å². The van der Waals surface area contributed by atoms with Crippen LogP contribution < -0.4 is 0 Å². The van der Waals surface area contributed by atoms with Gasteiger partial charge in [0.15, 0.2) is 0 Å². The van der Waals surface area contributed by atoms with Crippen molar-refractivity contribution in [1.82, 2.24) is 4.98 Å². The number of carbonyl (C=O) groups is 1. The first-order chi connectivity index (χ1) is 6.45. The molecule has 0 aliphatic rings. The van der Waals surface area contributed by atoms with Crippen LogP contribution in [-0.4, -0.2) is 16.1 Å².